The standard InChI is InChI=1S/C25H24N8/c26-14-17-6-4-9-19(12-17)22-13-23(30-25(27)29-22)24-16-33(32-31-24)15-20-10-5-11-21(28-20)18-7-2-1-3-8-18/h4-6,9-13,16,18H,1-3,7-8,15H2,(H2,27,29,30). The van der Waals surface area contributed by atoms with Gasteiger partial charge >= 0.3 is 0 Å². The molecule has 3 heterocycles. The minimum absolute atomic E-state index is 0.140. The lowest BCUT2D eigenvalue weighted by molar-refractivity contribution is 0.435. The van der Waals surface area contributed by atoms with Crippen LogP contribution in [-0.4, -0.2) is 29.9 Å². The number of nitrogens with two attached hydrogens (primary N) is 1. The fraction of sp³-hybridized carbons (Fsp3) is 0.280. The zero-order valence-electron chi connectivity index (χ0n) is 18.2. The topological polar surface area (TPSA) is 119 Å². The van der Waals surface area contributed by atoms with E-state index in [2.05, 4.69) is 38.5 Å². The van der Waals surface area contributed by atoms with Crippen LogP contribution < -0.4 is 5.73 Å². The van der Waals surface area contributed by atoms with Gasteiger partial charge in [0.15, 0.2) is 0 Å². The number of rotatable bonds is 5. The molecule has 0 aliphatic heterocycles. The molecule has 0 unspecified atom stereocenters. The van der Waals surface area contributed by atoms with E-state index in [4.69, 9.17) is 10.7 Å². The molecule has 8 heteroatoms. The summed E-state index contributed by atoms with van der Waals surface area (Å²) in [5, 5.41) is 17.7. The van der Waals surface area contributed by atoms with Crippen molar-refractivity contribution < 1.29 is 0 Å². The predicted molar refractivity (Wildman–Crippen MR) is 125 cm³/mol. The van der Waals surface area contributed by atoms with Gasteiger partial charge in [0.2, 0.25) is 5.95 Å². The highest BCUT2D eigenvalue weighted by molar-refractivity contribution is 5.68. The van der Waals surface area contributed by atoms with Crippen molar-refractivity contribution in [3.63, 3.8) is 0 Å². The number of nitrogens with zero attached hydrogens (tertiary/aromatic N) is 7. The lowest BCUT2D eigenvalue weighted by Gasteiger charge is -2.21. The van der Waals surface area contributed by atoms with Crippen LogP contribution in [0.15, 0.2) is 54.7 Å². The van der Waals surface area contributed by atoms with Crippen LogP contribution in [0.5, 0.6) is 0 Å². The average molecular weight is 437 g/mol. The number of hydrogen-bond acceptors (Lipinski definition) is 7. The number of hydrogen-bond donors (Lipinski definition) is 1. The smallest absolute Gasteiger partial charge is 0.221 e. The maximum atomic E-state index is 9.18. The molecule has 0 radical (unpaired) electrons. The van der Waals surface area contributed by atoms with Crippen molar-refractivity contribution in [3.05, 3.63) is 71.7 Å². The number of nitriles is 1. The molecule has 0 atom stereocenters. The van der Waals surface area contributed by atoms with E-state index >= 15 is 0 Å². The minimum atomic E-state index is 0.140. The SMILES string of the molecule is N#Cc1cccc(-c2cc(-c3cn(Cc4cccc(C5CCCCC5)n4)nn3)nc(N)n2)c1. The summed E-state index contributed by atoms with van der Waals surface area (Å²) in [4.78, 5) is 13.6. The van der Waals surface area contributed by atoms with Crippen molar-refractivity contribution in [1.29, 1.82) is 5.26 Å². The summed E-state index contributed by atoms with van der Waals surface area (Å²) in [7, 11) is 0. The van der Waals surface area contributed by atoms with Gasteiger partial charge in [0.05, 0.1) is 41.5 Å². The fourth-order valence-electron chi connectivity index (χ4n) is 4.36. The van der Waals surface area contributed by atoms with Gasteiger partial charge in [-0.25, -0.2) is 14.6 Å². The minimum Gasteiger partial charge on any atom is -0.368 e. The maximum Gasteiger partial charge on any atom is 0.221 e. The van der Waals surface area contributed by atoms with Gasteiger partial charge in [0, 0.05) is 17.2 Å². The first-order chi connectivity index (χ1) is 16.2. The molecule has 8 nitrogen and oxygen atoms in total. The molecule has 3 aromatic heterocycles. The summed E-state index contributed by atoms with van der Waals surface area (Å²) in [5.41, 5.74) is 11.3. The highest BCUT2D eigenvalue weighted by Gasteiger charge is 2.17. The Balaban J connectivity index is 1.38. The number of aromatic nitrogens is 6. The predicted octanol–water partition coefficient (Wildman–Crippen LogP) is 4.35. The molecule has 164 valence electrons. The van der Waals surface area contributed by atoms with Crippen molar-refractivity contribution in [2.24, 2.45) is 0 Å². The van der Waals surface area contributed by atoms with Gasteiger partial charge in [-0.15, -0.1) is 5.10 Å². The van der Waals surface area contributed by atoms with Gasteiger partial charge in [-0.3, -0.25) is 4.98 Å². The Kier molecular flexibility index (Phi) is 5.77. The normalized spacial score (nSPS) is 14.2. The second-order valence-corrected chi connectivity index (χ2v) is 8.38. The van der Waals surface area contributed by atoms with Crippen LogP contribution in [0, 0.1) is 11.3 Å². The van der Waals surface area contributed by atoms with Crippen molar-refractivity contribution in [2.45, 2.75) is 44.6 Å². The number of benzene rings is 1. The summed E-state index contributed by atoms with van der Waals surface area (Å²) in [6.07, 6.45) is 8.18. The van der Waals surface area contributed by atoms with Crippen LogP contribution in [0.3, 0.4) is 0 Å². The molecule has 1 saturated carbocycles. The second kappa shape index (κ2) is 9.17. The molecule has 0 spiro atoms. The number of anilines is 1. The third kappa shape index (κ3) is 4.72. The number of pyridine rings is 1. The second-order valence-electron chi connectivity index (χ2n) is 8.38. The van der Waals surface area contributed by atoms with Gasteiger partial charge in [0.1, 0.15) is 5.69 Å². The maximum absolute atomic E-state index is 9.18. The van der Waals surface area contributed by atoms with Gasteiger partial charge in [-0.1, -0.05) is 42.7 Å². The zero-order valence-corrected chi connectivity index (χ0v) is 18.2. The van der Waals surface area contributed by atoms with Gasteiger partial charge in [-0.05, 0) is 43.2 Å². The van der Waals surface area contributed by atoms with Gasteiger partial charge in [-0.2, -0.15) is 5.26 Å². The summed E-state index contributed by atoms with van der Waals surface area (Å²) in [6.45, 7) is 0.533. The third-order valence-electron chi connectivity index (χ3n) is 6.01. The van der Waals surface area contributed by atoms with Crippen molar-refractivity contribution in [2.75, 3.05) is 5.73 Å². The molecule has 0 bridgehead atoms. The van der Waals surface area contributed by atoms with Crippen LogP contribution in [0.25, 0.3) is 22.6 Å². The molecule has 33 heavy (non-hydrogen) atoms. The molecule has 2 N–H and O–H groups in total. The van der Waals surface area contributed by atoms with E-state index in [0.29, 0.717) is 35.1 Å². The van der Waals surface area contributed by atoms with E-state index in [0.717, 1.165) is 11.3 Å². The van der Waals surface area contributed by atoms with E-state index in [9.17, 15) is 5.26 Å². The Morgan fingerprint density at radius 3 is 2.61 bits per heavy atom. The van der Waals surface area contributed by atoms with Gasteiger partial charge < -0.3 is 5.73 Å². The van der Waals surface area contributed by atoms with Crippen LogP contribution in [0.1, 0.15) is 55.0 Å². The molecule has 0 amide bonds. The molecule has 0 saturated heterocycles. The lowest BCUT2D eigenvalue weighted by Crippen LogP contribution is -2.09. The summed E-state index contributed by atoms with van der Waals surface area (Å²) in [6, 6.07) is 17.4. The van der Waals surface area contributed by atoms with Crippen molar-refractivity contribution in [3.8, 4) is 28.7 Å². The Hall–Kier alpha value is -4.12. The molecule has 1 fully saturated rings. The highest BCUT2D eigenvalue weighted by Crippen LogP contribution is 2.31. The molecule has 5 rings (SSSR count). The van der Waals surface area contributed by atoms with E-state index in [1.807, 2.05) is 30.5 Å². The van der Waals surface area contributed by atoms with Gasteiger partial charge in [0.25, 0.3) is 0 Å². The summed E-state index contributed by atoms with van der Waals surface area (Å²) >= 11 is 0. The van der Waals surface area contributed by atoms with E-state index in [-0.39, 0.29) is 5.95 Å². The summed E-state index contributed by atoms with van der Waals surface area (Å²) in [5.74, 6) is 0.702. The van der Waals surface area contributed by atoms with E-state index in [1.165, 1.54) is 37.8 Å². The first-order valence-electron chi connectivity index (χ1n) is 11.2. The van der Waals surface area contributed by atoms with Crippen LogP contribution >= 0.6 is 0 Å². The Morgan fingerprint density at radius 2 is 1.76 bits per heavy atom. The zero-order chi connectivity index (χ0) is 22.6. The summed E-state index contributed by atoms with van der Waals surface area (Å²) < 4.78 is 1.76. The number of nitrogen functional groups attached to an aromatic ring is 1. The lowest BCUT2D eigenvalue weighted by atomic mass is 9.86. The fourth-order valence-corrected chi connectivity index (χ4v) is 4.36. The monoisotopic (exact) mass is 436 g/mol. The van der Waals surface area contributed by atoms with Crippen LogP contribution in [-0.2, 0) is 6.54 Å². The Labute approximate surface area is 192 Å². The first-order valence-corrected chi connectivity index (χ1v) is 11.2. The molecule has 4 aromatic rings. The Morgan fingerprint density at radius 1 is 0.939 bits per heavy atom. The van der Waals surface area contributed by atoms with Crippen LogP contribution in [0.2, 0.25) is 0 Å². The van der Waals surface area contributed by atoms with Crippen molar-refractivity contribution >= 4 is 5.95 Å². The first kappa shape index (κ1) is 20.8. The van der Waals surface area contributed by atoms with E-state index in [1.54, 1.807) is 16.8 Å². The van der Waals surface area contributed by atoms with Crippen molar-refractivity contribution in [1.82, 2.24) is 29.9 Å². The largest absolute Gasteiger partial charge is 0.368 e. The third-order valence-corrected chi connectivity index (χ3v) is 6.01. The average Bonchev–Trinajstić information content (AvgIpc) is 3.33. The molecule has 1 aromatic carbocycles. The quantitative estimate of drug-likeness (QED) is 0.494. The Bertz CT molecular complexity index is 1310. The molecule has 1 aliphatic carbocycles. The molecular weight excluding hydrogens is 412 g/mol. The molecular formula is C25H24N8. The molecule has 1 aliphatic rings. The highest BCUT2D eigenvalue weighted by atomic mass is 15.4. The van der Waals surface area contributed by atoms with Crippen LogP contribution in [0.4, 0.5) is 5.95 Å². The van der Waals surface area contributed by atoms with E-state index < -0.39 is 0 Å².